The zero-order valence-electron chi connectivity index (χ0n) is 15.9. The molecule has 0 radical (unpaired) electrons. The number of methoxy groups -OCH3 is 1. The number of aliphatic imine (C=N–C) groups is 1. The van der Waals surface area contributed by atoms with Crippen molar-refractivity contribution in [1.29, 1.82) is 0 Å². The molecule has 0 bridgehead atoms. The zero-order valence-corrected chi connectivity index (χ0v) is 18.2. The standard InChI is InChI=1S/C19H32N4O.HI/c1-15(17-5-7-18(24-4)8-6-17)9-11-21-19(20-2)22-13-16-10-12-23(3)14-16;/h5-8,15-16H,9-14H2,1-4H3,(H2,20,21,22);1H. The summed E-state index contributed by atoms with van der Waals surface area (Å²) in [6.07, 6.45) is 2.34. The van der Waals surface area contributed by atoms with E-state index in [9.17, 15) is 0 Å². The van der Waals surface area contributed by atoms with Gasteiger partial charge in [-0.05, 0) is 56.0 Å². The number of hydrogen-bond donors (Lipinski definition) is 2. The Kier molecular flexibility index (Phi) is 10.2. The third kappa shape index (κ3) is 7.40. The molecule has 0 amide bonds. The van der Waals surface area contributed by atoms with E-state index >= 15 is 0 Å². The van der Waals surface area contributed by atoms with Crippen LogP contribution in [0.3, 0.4) is 0 Å². The molecule has 1 aliphatic rings. The fourth-order valence-corrected chi connectivity index (χ4v) is 3.16. The molecular weight excluding hydrogens is 427 g/mol. The summed E-state index contributed by atoms with van der Waals surface area (Å²) in [5, 5.41) is 6.88. The SMILES string of the molecule is CN=C(NCCC(C)c1ccc(OC)cc1)NCC1CCN(C)C1.I. The van der Waals surface area contributed by atoms with Crippen LogP contribution in [0, 0.1) is 5.92 Å². The molecule has 1 aliphatic heterocycles. The molecule has 1 heterocycles. The number of rotatable bonds is 7. The Bertz CT molecular complexity index is 521. The maximum atomic E-state index is 5.21. The lowest BCUT2D eigenvalue weighted by Gasteiger charge is -2.17. The first kappa shape index (κ1) is 22.0. The fraction of sp³-hybridized carbons (Fsp3) is 0.632. The summed E-state index contributed by atoms with van der Waals surface area (Å²) in [5.41, 5.74) is 1.34. The Morgan fingerprint density at radius 3 is 2.60 bits per heavy atom. The largest absolute Gasteiger partial charge is 0.497 e. The summed E-state index contributed by atoms with van der Waals surface area (Å²) in [7, 11) is 5.72. The second-order valence-electron chi connectivity index (χ2n) is 6.76. The molecule has 0 saturated carbocycles. The Morgan fingerprint density at radius 2 is 2.04 bits per heavy atom. The third-order valence-electron chi connectivity index (χ3n) is 4.83. The van der Waals surface area contributed by atoms with E-state index < -0.39 is 0 Å². The van der Waals surface area contributed by atoms with Crippen molar-refractivity contribution in [3.63, 3.8) is 0 Å². The zero-order chi connectivity index (χ0) is 17.4. The van der Waals surface area contributed by atoms with Crippen LogP contribution in [0.1, 0.15) is 31.2 Å². The highest BCUT2D eigenvalue weighted by Gasteiger charge is 2.19. The average Bonchev–Trinajstić information content (AvgIpc) is 3.03. The molecule has 2 N–H and O–H groups in total. The van der Waals surface area contributed by atoms with Crippen LogP contribution in [0.4, 0.5) is 0 Å². The van der Waals surface area contributed by atoms with Gasteiger partial charge >= 0.3 is 0 Å². The van der Waals surface area contributed by atoms with Crippen molar-refractivity contribution >= 4 is 29.9 Å². The second-order valence-corrected chi connectivity index (χ2v) is 6.76. The van der Waals surface area contributed by atoms with Gasteiger partial charge in [-0.2, -0.15) is 0 Å². The lowest BCUT2D eigenvalue weighted by molar-refractivity contribution is 0.394. The summed E-state index contributed by atoms with van der Waals surface area (Å²) >= 11 is 0. The van der Waals surface area contributed by atoms with Gasteiger partial charge in [0.15, 0.2) is 5.96 Å². The van der Waals surface area contributed by atoms with Gasteiger partial charge in [-0.1, -0.05) is 19.1 Å². The molecule has 1 aromatic carbocycles. The molecule has 0 spiro atoms. The molecule has 1 fully saturated rings. The van der Waals surface area contributed by atoms with Gasteiger partial charge in [0.1, 0.15) is 5.75 Å². The highest BCUT2D eigenvalue weighted by molar-refractivity contribution is 14.0. The minimum Gasteiger partial charge on any atom is -0.497 e. The lowest BCUT2D eigenvalue weighted by atomic mass is 9.98. The molecule has 2 rings (SSSR count). The molecule has 0 aromatic heterocycles. The number of nitrogens with zero attached hydrogens (tertiary/aromatic N) is 2. The molecule has 6 heteroatoms. The summed E-state index contributed by atoms with van der Waals surface area (Å²) < 4.78 is 5.21. The third-order valence-corrected chi connectivity index (χ3v) is 4.83. The van der Waals surface area contributed by atoms with Gasteiger partial charge in [0.2, 0.25) is 0 Å². The van der Waals surface area contributed by atoms with Crippen molar-refractivity contribution in [1.82, 2.24) is 15.5 Å². The molecule has 2 atom stereocenters. The molecule has 1 aromatic rings. The molecular formula is C19H33IN4O. The highest BCUT2D eigenvalue weighted by Crippen LogP contribution is 2.21. The molecule has 1 saturated heterocycles. The number of nitrogens with one attached hydrogen (secondary N) is 2. The Hall–Kier alpha value is -1.02. The van der Waals surface area contributed by atoms with Crippen molar-refractivity contribution < 1.29 is 4.74 Å². The normalized spacial score (nSPS) is 19.2. The number of benzene rings is 1. The number of guanidine groups is 1. The number of ether oxygens (including phenoxy) is 1. The van der Waals surface area contributed by atoms with Crippen LogP contribution >= 0.6 is 24.0 Å². The Labute approximate surface area is 169 Å². The predicted octanol–water partition coefficient (Wildman–Crippen LogP) is 2.92. The molecule has 142 valence electrons. The van der Waals surface area contributed by atoms with Gasteiger partial charge in [-0.15, -0.1) is 24.0 Å². The van der Waals surface area contributed by atoms with Crippen LogP contribution in [0.5, 0.6) is 5.75 Å². The van der Waals surface area contributed by atoms with E-state index in [4.69, 9.17) is 4.74 Å². The van der Waals surface area contributed by atoms with E-state index in [-0.39, 0.29) is 24.0 Å². The Balaban J connectivity index is 0.00000312. The van der Waals surface area contributed by atoms with E-state index in [1.165, 1.54) is 25.1 Å². The van der Waals surface area contributed by atoms with Crippen LogP contribution in [0.2, 0.25) is 0 Å². The van der Waals surface area contributed by atoms with Crippen LogP contribution < -0.4 is 15.4 Å². The summed E-state index contributed by atoms with van der Waals surface area (Å²) in [6, 6.07) is 8.34. The molecule has 25 heavy (non-hydrogen) atoms. The predicted molar refractivity (Wildman–Crippen MR) is 116 cm³/mol. The van der Waals surface area contributed by atoms with Gasteiger partial charge in [0.25, 0.3) is 0 Å². The molecule has 5 nitrogen and oxygen atoms in total. The van der Waals surface area contributed by atoms with E-state index in [0.717, 1.165) is 37.1 Å². The summed E-state index contributed by atoms with van der Waals surface area (Å²) in [5.74, 6) is 3.05. The van der Waals surface area contributed by atoms with Crippen molar-refractivity contribution in [2.75, 3.05) is 47.4 Å². The van der Waals surface area contributed by atoms with Gasteiger partial charge < -0.3 is 20.3 Å². The number of hydrogen-bond acceptors (Lipinski definition) is 3. The topological polar surface area (TPSA) is 48.9 Å². The smallest absolute Gasteiger partial charge is 0.190 e. The van der Waals surface area contributed by atoms with Gasteiger partial charge in [0, 0.05) is 26.7 Å². The van der Waals surface area contributed by atoms with E-state index in [1.807, 2.05) is 19.2 Å². The first-order valence-corrected chi connectivity index (χ1v) is 8.89. The van der Waals surface area contributed by atoms with Crippen molar-refractivity contribution in [3.8, 4) is 5.75 Å². The summed E-state index contributed by atoms with van der Waals surface area (Å²) in [6.45, 7) is 6.56. The second kappa shape index (κ2) is 11.6. The number of halogens is 1. The van der Waals surface area contributed by atoms with Gasteiger partial charge in [-0.3, -0.25) is 4.99 Å². The van der Waals surface area contributed by atoms with E-state index in [1.54, 1.807) is 7.11 Å². The minimum absolute atomic E-state index is 0. The molecule has 0 aliphatic carbocycles. The quantitative estimate of drug-likeness (QED) is 0.373. The van der Waals surface area contributed by atoms with Crippen molar-refractivity contribution in [2.45, 2.75) is 25.7 Å². The van der Waals surface area contributed by atoms with Gasteiger partial charge in [-0.25, -0.2) is 0 Å². The van der Waals surface area contributed by atoms with Gasteiger partial charge in [0.05, 0.1) is 7.11 Å². The number of likely N-dealkylation sites (tertiary alicyclic amines) is 1. The first-order valence-electron chi connectivity index (χ1n) is 8.89. The summed E-state index contributed by atoms with van der Waals surface area (Å²) in [4.78, 5) is 6.71. The monoisotopic (exact) mass is 460 g/mol. The average molecular weight is 460 g/mol. The van der Waals surface area contributed by atoms with Crippen LogP contribution in [-0.2, 0) is 0 Å². The fourth-order valence-electron chi connectivity index (χ4n) is 3.16. The van der Waals surface area contributed by atoms with Crippen LogP contribution in [0.15, 0.2) is 29.3 Å². The Morgan fingerprint density at radius 1 is 1.32 bits per heavy atom. The first-order chi connectivity index (χ1) is 11.6. The van der Waals surface area contributed by atoms with Crippen LogP contribution in [0.25, 0.3) is 0 Å². The van der Waals surface area contributed by atoms with E-state index in [0.29, 0.717) is 5.92 Å². The maximum absolute atomic E-state index is 5.21. The van der Waals surface area contributed by atoms with Crippen LogP contribution in [-0.4, -0.2) is 58.2 Å². The van der Waals surface area contributed by atoms with Crippen molar-refractivity contribution in [2.24, 2.45) is 10.9 Å². The highest BCUT2D eigenvalue weighted by atomic mass is 127. The molecule has 2 unspecified atom stereocenters. The van der Waals surface area contributed by atoms with E-state index in [2.05, 4.69) is 46.6 Å². The minimum atomic E-state index is 0. The lowest BCUT2D eigenvalue weighted by Crippen LogP contribution is -2.40. The van der Waals surface area contributed by atoms with Crippen molar-refractivity contribution in [3.05, 3.63) is 29.8 Å². The maximum Gasteiger partial charge on any atom is 0.190 e.